The standard InChI is InChI=1S/C13H27NO/c1-11(2)9-14-10-13(15)8-12-6-4-3-5-7-12/h11-15H,3-10H2,1-2H3. The van der Waals surface area contributed by atoms with Crippen LogP contribution in [0.3, 0.4) is 0 Å². The molecular formula is C13H27NO. The maximum Gasteiger partial charge on any atom is 0.0667 e. The molecule has 0 spiro atoms. The molecule has 1 fully saturated rings. The highest BCUT2D eigenvalue weighted by Gasteiger charge is 2.17. The first kappa shape index (κ1) is 13.0. The van der Waals surface area contributed by atoms with Gasteiger partial charge in [0.25, 0.3) is 0 Å². The van der Waals surface area contributed by atoms with E-state index in [0.29, 0.717) is 5.92 Å². The number of nitrogens with one attached hydrogen (secondary N) is 1. The van der Waals surface area contributed by atoms with Crippen molar-refractivity contribution >= 4 is 0 Å². The molecule has 0 bridgehead atoms. The van der Waals surface area contributed by atoms with Crippen LogP contribution < -0.4 is 5.32 Å². The Hall–Kier alpha value is -0.0800. The first-order valence-corrected chi connectivity index (χ1v) is 6.57. The summed E-state index contributed by atoms with van der Waals surface area (Å²) in [5, 5.41) is 13.2. The summed E-state index contributed by atoms with van der Waals surface area (Å²) in [6, 6.07) is 0. The molecule has 1 saturated carbocycles. The van der Waals surface area contributed by atoms with Crippen molar-refractivity contribution in [1.29, 1.82) is 0 Å². The SMILES string of the molecule is CC(C)CNCC(O)CC1CCCCC1. The van der Waals surface area contributed by atoms with Crippen molar-refractivity contribution in [2.45, 2.75) is 58.5 Å². The van der Waals surface area contributed by atoms with Gasteiger partial charge in [0.05, 0.1) is 6.10 Å². The number of rotatable bonds is 6. The Morgan fingerprint density at radius 2 is 1.80 bits per heavy atom. The highest BCUT2D eigenvalue weighted by molar-refractivity contribution is 4.71. The van der Waals surface area contributed by atoms with E-state index in [4.69, 9.17) is 0 Å². The van der Waals surface area contributed by atoms with Crippen LogP contribution in [0.25, 0.3) is 0 Å². The minimum atomic E-state index is -0.133. The lowest BCUT2D eigenvalue weighted by Crippen LogP contribution is -2.31. The molecule has 1 aliphatic carbocycles. The zero-order valence-corrected chi connectivity index (χ0v) is 10.3. The van der Waals surface area contributed by atoms with E-state index in [1.165, 1.54) is 32.1 Å². The summed E-state index contributed by atoms with van der Waals surface area (Å²) >= 11 is 0. The van der Waals surface area contributed by atoms with Gasteiger partial charge >= 0.3 is 0 Å². The van der Waals surface area contributed by atoms with E-state index in [0.717, 1.165) is 25.4 Å². The molecule has 0 amide bonds. The summed E-state index contributed by atoms with van der Waals surface area (Å²) in [5.41, 5.74) is 0. The summed E-state index contributed by atoms with van der Waals surface area (Å²) < 4.78 is 0. The molecule has 0 radical (unpaired) electrons. The summed E-state index contributed by atoms with van der Waals surface area (Å²) in [5.74, 6) is 1.46. The minimum absolute atomic E-state index is 0.133. The van der Waals surface area contributed by atoms with Crippen molar-refractivity contribution in [1.82, 2.24) is 5.32 Å². The number of hydrogen-bond donors (Lipinski definition) is 2. The molecule has 2 nitrogen and oxygen atoms in total. The van der Waals surface area contributed by atoms with Gasteiger partial charge in [-0.1, -0.05) is 46.0 Å². The zero-order chi connectivity index (χ0) is 11.1. The van der Waals surface area contributed by atoms with E-state index >= 15 is 0 Å². The van der Waals surface area contributed by atoms with Gasteiger partial charge in [0, 0.05) is 6.54 Å². The van der Waals surface area contributed by atoms with Crippen LogP contribution >= 0.6 is 0 Å². The molecule has 90 valence electrons. The van der Waals surface area contributed by atoms with Crippen LogP contribution in [-0.4, -0.2) is 24.3 Å². The van der Waals surface area contributed by atoms with Crippen LogP contribution in [0.5, 0.6) is 0 Å². The van der Waals surface area contributed by atoms with Crippen LogP contribution in [-0.2, 0) is 0 Å². The van der Waals surface area contributed by atoms with Crippen LogP contribution in [0.15, 0.2) is 0 Å². The molecule has 1 unspecified atom stereocenters. The molecule has 2 heteroatoms. The first-order chi connectivity index (χ1) is 7.18. The fourth-order valence-electron chi connectivity index (χ4n) is 2.43. The highest BCUT2D eigenvalue weighted by Crippen LogP contribution is 2.27. The predicted molar refractivity (Wildman–Crippen MR) is 64.9 cm³/mol. The van der Waals surface area contributed by atoms with E-state index in [1.54, 1.807) is 0 Å². The maximum atomic E-state index is 9.85. The van der Waals surface area contributed by atoms with Crippen molar-refractivity contribution in [3.8, 4) is 0 Å². The predicted octanol–water partition coefficient (Wildman–Crippen LogP) is 2.56. The van der Waals surface area contributed by atoms with Crippen molar-refractivity contribution < 1.29 is 5.11 Å². The maximum absolute atomic E-state index is 9.85. The van der Waals surface area contributed by atoms with Gasteiger partial charge < -0.3 is 10.4 Å². The van der Waals surface area contributed by atoms with Gasteiger partial charge in [-0.3, -0.25) is 0 Å². The minimum Gasteiger partial charge on any atom is -0.392 e. The van der Waals surface area contributed by atoms with E-state index in [2.05, 4.69) is 19.2 Å². The van der Waals surface area contributed by atoms with Gasteiger partial charge in [-0.25, -0.2) is 0 Å². The van der Waals surface area contributed by atoms with Crippen LogP contribution in [0.1, 0.15) is 52.4 Å². The van der Waals surface area contributed by atoms with Gasteiger partial charge in [0.1, 0.15) is 0 Å². The Morgan fingerprint density at radius 1 is 1.13 bits per heavy atom. The molecule has 0 aromatic carbocycles. The third kappa shape index (κ3) is 6.16. The van der Waals surface area contributed by atoms with Gasteiger partial charge in [-0.2, -0.15) is 0 Å². The molecule has 1 atom stereocenters. The average Bonchev–Trinajstić information content (AvgIpc) is 2.18. The van der Waals surface area contributed by atoms with Crippen LogP contribution in [0.4, 0.5) is 0 Å². The smallest absolute Gasteiger partial charge is 0.0667 e. The third-order valence-electron chi connectivity index (χ3n) is 3.26. The fraction of sp³-hybridized carbons (Fsp3) is 1.00. The molecule has 2 N–H and O–H groups in total. The van der Waals surface area contributed by atoms with Gasteiger partial charge in [0.15, 0.2) is 0 Å². The topological polar surface area (TPSA) is 32.3 Å². The fourth-order valence-corrected chi connectivity index (χ4v) is 2.43. The molecule has 15 heavy (non-hydrogen) atoms. The Balaban J connectivity index is 2.03. The van der Waals surface area contributed by atoms with E-state index in [1.807, 2.05) is 0 Å². The first-order valence-electron chi connectivity index (χ1n) is 6.57. The average molecular weight is 213 g/mol. The Bertz CT molecular complexity index is 153. The van der Waals surface area contributed by atoms with Crippen molar-refractivity contribution in [2.75, 3.05) is 13.1 Å². The van der Waals surface area contributed by atoms with Crippen molar-refractivity contribution in [3.05, 3.63) is 0 Å². The zero-order valence-electron chi connectivity index (χ0n) is 10.3. The largest absolute Gasteiger partial charge is 0.392 e. The Morgan fingerprint density at radius 3 is 2.40 bits per heavy atom. The summed E-state index contributed by atoms with van der Waals surface area (Å²) in [7, 11) is 0. The Kier molecular flexibility index (Phi) is 6.26. The highest BCUT2D eigenvalue weighted by atomic mass is 16.3. The third-order valence-corrected chi connectivity index (χ3v) is 3.26. The van der Waals surface area contributed by atoms with Crippen LogP contribution in [0.2, 0.25) is 0 Å². The molecule has 0 heterocycles. The molecule has 0 aromatic heterocycles. The second-order valence-electron chi connectivity index (χ2n) is 5.45. The number of aliphatic hydroxyl groups excluding tert-OH is 1. The molecule has 1 rings (SSSR count). The lowest BCUT2D eigenvalue weighted by molar-refractivity contribution is 0.127. The van der Waals surface area contributed by atoms with Gasteiger partial charge in [0.2, 0.25) is 0 Å². The second-order valence-corrected chi connectivity index (χ2v) is 5.45. The van der Waals surface area contributed by atoms with Crippen molar-refractivity contribution in [3.63, 3.8) is 0 Å². The van der Waals surface area contributed by atoms with Gasteiger partial charge in [-0.15, -0.1) is 0 Å². The lowest BCUT2D eigenvalue weighted by atomic mass is 9.85. The molecule has 1 aliphatic rings. The number of hydrogen-bond acceptors (Lipinski definition) is 2. The number of aliphatic hydroxyl groups is 1. The van der Waals surface area contributed by atoms with E-state index < -0.39 is 0 Å². The Labute approximate surface area is 94.5 Å². The lowest BCUT2D eigenvalue weighted by Gasteiger charge is -2.24. The van der Waals surface area contributed by atoms with Crippen molar-refractivity contribution in [2.24, 2.45) is 11.8 Å². The molecular weight excluding hydrogens is 186 g/mol. The van der Waals surface area contributed by atoms with E-state index in [9.17, 15) is 5.11 Å². The summed E-state index contributed by atoms with van der Waals surface area (Å²) in [6.07, 6.45) is 7.69. The second kappa shape index (κ2) is 7.24. The van der Waals surface area contributed by atoms with E-state index in [-0.39, 0.29) is 6.10 Å². The summed E-state index contributed by atoms with van der Waals surface area (Å²) in [4.78, 5) is 0. The van der Waals surface area contributed by atoms with Crippen LogP contribution in [0, 0.1) is 11.8 Å². The molecule has 0 aromatic rings. The summed E-state index contributed by atoms with van der Waals surface area (Å²) in [6.45, 7) is 6.18. The molecule has 0 aliphatic heterocycles. The van der Waals surface area contributed by atoms with Gasteiger partial charge in [-0.05, 0) is 24.8 Å². The molecule has 0 saturated heterocycles. The quantitative estimate of drug-likeness (QED) is 0.711. The normalized spacial score (nSPS) is 20.8. The monoisotopic (exact) mass is 213 g/mol.